The van der Waals surface area contributed by atoms with Crippen molar-refractivity contribution in [2.75, 3.05) is 31.1 Å². The Morgan fingerprint density at radius 1 is 1.29 bits per heavy atom. The number of hydrogen-bond donors (Lipinski definition) is 1. The number of rotatable bonds is 6. The number of benzene rings is 1. The van der Waals surface area contributed by atoms with Crippen LogP contribution in [0.15, 0.2) is 42.4 Å². The second kappa shape index (κ2) is 9.03. The zero-order valence-corrected chi connectivity index (χ0v) is 18.5. The maximum atomic E-state index is 14.3. The Hall–Kier alpha value is -3.51. The number of carboxylic acids is 1. The standard InChI is InChI=1S/C22H22F3N5O4/c1-3-30(28-7-8-29(13(2)11-28)22-26-5-4-6-27-22)12-16(20(32)33)19(31)15-9-14(23)10-17(18(15)30)34-21(24)25/h4-6,9-10,12-13,21H,3,7-8,11H2,1-2H3/p+1. The number of quaternary nitrogens is 1. The SMILES string of the molecule is CC[N+]1(N2CCN(c3ncccn3)C(C)C2)C=C(C(=O)O)C(=O)c2cc(F)cc(OC(F)F)c21. The largest absolute Gasteiger partial charge is 0.477 e. The number of fused-ring (bicyclic) bond motifs is 1. The molecule has 1 aromatic heterocycles. The molecule has 0 bridgehead atoms. The van der Waals surface area contributed by atoms with Crippen LogP contribution in [0.4, 0.5) is 24.8 Å². The highest BCUT2D eigenvalue weighted by molar-refractivity contribution is 6.26. The molecule has 9 nitrogen and oxygen atoms in total. The number of anilines is 1. The third-order valence-corrected chi connectivity index (χ3v) is 6.11. The van der Waals surface area contributed by atoms with Crippen molar-refractivity contribution in [3.8, 4) is 5.75 Å². The number of piperazine rings is 1. The summed E-state index contributed by atoms with van der Waals surface area (Å²) in [4.78, 5) is 35.4. The van der Waals surface area contributed by atoms with E-state index in [4.69, 9.17) is 0 Å². The van der Waals surface area contributed by atoms with Crippen LogP contribution in [-0.4, -0.2) is 70.7 Å². The average molecular weight is 478 g/mol. The Balaban J connectivity index is 1.84. The minimum absolute atomic E-state index is 0.0178. The number of aliphatic carboxylic acids is 1. The highest BCUT2D eigenvalue weighted by atomic mass is 19.3. The summed E-state index contributed by atoms with van der Waals surface area (Å²) in [6, 6.07) is 3.20. The fourth-order valence-electron chi connectivity index (χ4n) is 4.64. The molecular weight excluding hydrogens is 455 g/mol. The molecule has 2 aromatic rings. The maximum absolute atomic E-state index is 14.3. The number of halogens is 3. The molecule has 0 amide bonds. The predicted molar refractivity (Wildman–Crippen MR) is 116 cm³/mol. The Bertz CT molecular complexity index is 1150. The minimum atomic E-state index is -3.27. The molecule has 2 atom stereocenters. The molecule has 3 heterocycles. The Labute approximate surface area is 193 Å². The lowest BCUT2D eigenvalue weighted by Crippen LogP contribution is -2.67. The molecule has 2 aliphatic heterocycles. The molecule has 0 aliphatic carbocycles. The lowest BCUT2D eigenvalue weighted by Gasteiger charge is -2.49. The highest BCUT2D eigenvalue weighted by Gasteiger charge is 2.50. The molecule has 0 radical (unpaired) electrons. The number of alkyl halides is 2. The summed E-state index contributed by atoms with van der Waals surface area (Å²) in [6.07, 6.45) is 4.47. The van der Waals surface area contributed by atoms with Gasteiger partial charge in [0.2, 0.25) is 17.4 Å². The van der Waals surface area contributed by atoms with Gasteiger partial charge in [0.25, 0.3) is 0 Å². The van der Waals surface area contributed by atoms with E-state index in [-0.39, 0.29) is 23.8 Å². The van der Waals surface area contributed by atoms with E-state index in [1.54, 1.807) is 25.4 Å². The van der Waals surface area contributed by atoms with Crippen LogP contribution < -0.4 is 14.2 Å². The number of carbonyl (C=O) groups is 2. The second-order valence-corrected chi connectivity index (χ2v) is 8.00. The second-order valence-electron chi connectivity index (χ2n) is 8.00. The quantitative estimate of drug-likeness (QED) is 0.500. The lowest BCUT2D eigenvalue weighted by molar-refractivity contribution is -0.132. The van der Waals surface area contributed by atoms with Gasteiger partial charge in [0.15, 0.2) is 11.3 Å². The van der Waals surface area contributed by atoms with Crippen molar-refractivity contribution in [3.63, 3.8) is 0 Å². The Morgan fingerprint density at radius 3 is 2.59 bits per heavy atom. The molecule has 180 valence electrons. The van der Waals surface area contributed by atoms with Crippen LogP contribution in [0.25, 0.3) is 0 Å². The van der Waals surface area contributed by atoms with Crippen molar-refractivity contribution < 1.29 is 32.6 Å². The van der Waals surface area contributed by atoms with Gasteiger partial charge in [-0.25, -0.2) is 19.2 Å². The highest BCUT2D eigenvalue weighted by Crippen LogP contribution is 2.45. The molecule has 1 aromatic carbocycles. The van der Waals surface area contributed by atoms with E-state index in [1.165, 1.54) is 6.20 Å². The van der Waals surface area contributed by atoms with Crippen LogP contribution in [0.5, 0.6) is 5.75 Å². The van der Waals surface area contributed by atoms with Crippen LogP contribution in [0.3, 0.4) is 0 Å². The molecule has 2 aliphatic rings. The summed E-state index contributed by atoms with van der Waals surface area (Å²) in [6.45, 7) is 1.67. The molecule has 0 saturated carbocycles. The summed E-state index contributed by atoms with van der Waals surface area (Å²) in [5.74, 6) is -3.42. The third-order valence-electron chi connectivity index (χ3n) is 6.11. The van der Waals surface area contributed by atoms with Crippen molar-refractivity contribution in [2.45, 2.75) is 26.5 Å². The smallest absolute Gasteiger partial charge is 0.387 e. The van der Waals surface area contributed by atoms with Crippen LogP contribution in [0, 0.1) is 5.82 Å². The molecule has 2 unspecified atom stereocenters. The van der Waals surface area contributed by atoms with Gasteiger partial charge >= 0.3 is 12.6 Å². The van der Waals surface area contributed by atoms with Gasteiger partial charge in [0.05, 0.1) is 18.7 Å². The molecule has 1 N–H and O–H groups in total. The van der Waals surface area contributed by atoms with Crippen molar-refractivity contribution >= 4 is 23.4 Å². The zero-order chi connectivity index (χ0) is 24.6. The predicted octanol–water partition coefficient (Wildman–Crippen LogP) is 2.83. The van der Waals surface area contributed by atoms with Crippen LogP contribution in [0.2, 0.25) is 0 Å². The fourth-order valence-corrected chi connectivity index (χ4v) is 4.64. The number of hydrogen-bond acceptors (Lipinski definition) is 7. The van der Waals surface area contributed by atoms with Gasteiger partial charge in [-0.3, -0.25) is 4.79 Å². The first-order valence-electron chi connectivity index (χ1n) is 10.6. The van der Waals surface area contributed by atoms with Crippen molar-refractivity contribution in [1.29, 1.82) is 0 Å². The zero-order valence-electron chi connectivity index (χ0n) is 18.5. The number of ketones is 1. The third kappa shape index (κ3) is 3.99. The monoisotopic (exact) mass is 478 g/mol. The van der Waals surface area contributed by atoms with Crippen molar-refractivity contribution in [1.82, 2.24) is 19.6 Å². The van der Waals surface area contributed by atoms with Gasteiger partial charge in [-0.05, 0) is 26.0 Å². The molecule has 34 heavy (non-hydrogen) atoms. The summed E-state index contributed by atoms with van der Waals surface area (Å²) in [5.41, 5.74) is -0.904. The van der Waals surface area contributed by atoms with E-state index in [1.807, 2.05) is 16.8 Å². The number of Topliss-reactive ketones (excluding diaryl/α,β-unsaturated/α-hetero) is 1. The molecular formula is C22H23F3N5O4+. The number of ether oxygens (including phenoxy) is 1. The van der Waals surface area contributed by atoms with E-state index >= 15 is 0 Å². The summed E-state index contributed by atoms with van der Waals surface area (Å²) < 4.78 is 45.0. The van der Waals surface area contributed by atoms with E-state index < -0.39 is 40.1 Å². The fraction of sp³-hybridized carbons (Fsp3) is 0.364. The van der Waals surface area contributed by atoms with Gasteiger partial charge in [0, 0.05) is 31.0 Å². The lowest BCUT2D eigenvalue weighted by atomic mass is 9.96. The molecule has 1 saturated heterocycles. The van der Waals surface area contributed by atoms with Crippen molar-refractivity contribution in [2.24, 2.45) is 0 Å². The van der Waals surface area contributed by atoms with E-state index in [2.05, 4.69) is 14.7 Å². The normalized spacial score (nSPS) is 23.0. The first-order valence-corrected chi connectivity index (χ1v) is 10.6. The number of nitrogens with zero attached hydrogens (tertiary/aromatic N) is 5. The van der Waals surface area contributed by atoms with Gasteiger partial charge in [-0.1, -0.05) is 0 Å². The Morgan fingerprint density at radius 2 is 2.00 bits per heavy atom. The van der Waals surface area contributed by atoms with Crippen LogP contribution in [0.1, 0.15) is 24.2 Å². The minimum Gasteiger partial charge on any atom is -0.477 e. The van der Waals surface area contributed by atoms with Crippen molar-refractivity contribution in [3.05, 3.63) is 53.7 Å². The summed E-state index contributed by atoms with van der Waals surface area (Å²) in [5, 5.41) is 11.6. The number of aromatic nitrogens is 2. The van der Waals surface area contributed by atoms with Crippen LogP contribution >= 0.6 is 0 Å². The van der Waals surface area contributed by atoms with E-state index in [0.29, 0.717) is 25.6 Å². The Kier molecular flexibility index (Phi) is 6.28. The van der Waals surface area contributed by atoms with Gasteiger partial charge in [-0.2, -0.15) is 13.4 Å². The number of carboxylic acid groups (broad SMARTS) is 1. The maximum Gasteiger partial charge on any atom is 0.387 e. The molecule has 4 rings (SSSR count). The van der Waals surface area contributed by atoms with Crippen LogP contribution in [-0.2, 0) is 4.79 Å². The van der Waals surface area contributed by atoms with E-state index in [9.17, 15) is 27.9 Å². The topological polar surface area (TPSA) is 95.9 Å². The van der Waals surface area contributed by atoms with Gasteiger partial charge in [-0.15, -0.1) is 5.01 Å². The van der Waals surface area contributed by atoms with Gasteiger partial charge < -0.3 is 14.7 Å². The van der Waals surface area contributed by atoms with Gasteiger partial charge in [0.1, 0.15) is 18.6 Å². The number of carbonyl (C=O) groups excluding carboxylic acids is 1. The molecule has 1 fully saturated rings. The molecule has 12 heteroatoms. The first kappa shape index (κ1) is 23.6. The average Bonchev–Trinajstić information content (AvgIpc) is 2.79. The summed E-state index contributed by atoms with van der Waals surface area (Å²) in [7, 11) is 0. The summed E-state index contributed by atoms with van der Waals surface area (Å²) >= 11 is 0. The first-order chi connectivity index (χ1) is 16.2. The van der Waals surface area contributed by atoms with E-state index in [0.717, 1.165) is 12.1 Å². The molecule has 0 spiro atoms.